The molecule has 0 aliphatic carbocycles. The quantitative estimate of drug-likeness (QED) is 0.361. The number of esters is 1. The molecule has 0 bridgehead atoms. The number of ether oxygens (including phenoxy) is 1. The Kier molecular flexibility index (Phi) is 5.78. The first kappa shape index (κ1) is 17.3. The number of carbonyl (C=O) groups is 3. The third kappa shape index (κ3) is 5.00. The maximum absolute atomic E-state index is 11.8. The Morgan fingerprint density at radius 3 is 2.23 bits per heavy atom. The van der Waals surface area contributed by atoms with Gasteiger partial charge in [-0.05, 0) is 24.3 Å². The molecule has 22 heavy (non-hydrogen) atoms. The van der Waals surface area contributed by atoms with Crippen LogP contribution in [0.2, 0.25) is 0 Å². The van der Waals surface area contributed by atoms with Crippen LogP contribution in [0, 0.1) is 0 Å². The molecule has 118 valence electrons. The Morgan fingerprint density at radius 2 is 1.73 bits per heavy atom. The van der Waals surface area contributed by atoms with Crippen LogP contribution in [0.1, 0.15) is 10.4 Å². The van der Waals surface area contributed by atoms with Crippen molar-refractivity contribution in [3.05, 3.63) is 42.0 Å². The molecule has 0 unspecified atom stereocenters. The van der Waals surface area contributed by atoms with Gasteiger partial charge in [-0.2, -0.15) is 0 Å². The van der Waals surface area contributed by atoms with E-state index in [0.717, 1.165) is 43.5 Å². The Bertz CT molecular complexity index is 707. The molecule has 0 aliphatic rings. The number of aromatic carboxylic acids is 1. The minimum absolute atomic E-state index is 0.0796. The second kappa shape index (κ2) is 7.33. The molecule has 0 radical (unpaired) electrons. The largest absolute Gasteiger partial charge is 0.478 e. The molecule has 1 rings (SSSR count). The zero-order valence-electron chi connectivity index (χ0n) is 11.3. The minimum Gasteiger partial charge on any atom is -0.478 e. The lowest BCUT2D eigenvalue weighted by molar-refractivity contribution is -0.135. The van der Waals surface area contributed by atoms with Crippen LogP contribution in [0.4, 0.5) is 0 Å². The van der Waals surface area contributed by atoms with Crippen LogP contribution in [-0.4, -0.2) is 38.5 Å². The van der Waals surface area contributed by atoms with Crippen molar-refractivity contribution >= 4 is 27.9 Å². The number of rotatable bonds is 6. The van der Waals surface area contributed by atoms with Gasteiger partial charge in [0.05, 0.1) is 17.6 Å². The molecule has 1 amide bonds. The molecule has 1 aromatic rings. The lowest BCUT2D eigenvalue weighted by atomic mass is 10.2. The van der Waals surface area contributed by atoms with Crippen molar-refractivity contribution in [2.24, 2.45) is 0 Å². The zero-order valence-corrected chi connectivity index (χ0v) is 12.1. The molecule has 0 saturated heterocycles. The van der Waals surface area contributed by atoms with Crippen molar-refractivity contribution in [2.45, 2.75) is 4.90 Å². The van der Waals surface area contributed by atoms with E-state index in [4.69, 9.17) is 5.11 Å². The van der Waals surface area contributed by atoms with Gasteiger partial charge >= 0.3 is 11.9 Å². The van der Waals surface area contributed by atoms with E-state index >= 15 is 0 Å². The smallest absolute Gasteiger partial charge is 0.335 e. The number of hydrazine groups is 1. The Morgan fingerprint density at radius 1 is 1.14 bits per heavy atom. The van der Waals surface area contributed by atoms with Gasteiger partial charge in [-0.3, -0.25) is 10.2 Å². The van der Waals surface area contributed by atoms with Gasteiger partial charge in [-0.25, -0.2) is 18.0 Å². The summed E-state index contributed by atoms with van der Waals surface area (Å²) in [4.78, 5) is 34.2. The van der Waals surface area contributed by atoms with Gasteiger partial charge in [0.25, 0.3) is 15.9 Å². The summed E-state index contributed by atoms with van der Waals surface area (Å²) in [7, 11) is -2.95. The van der Waals surface area contributed by atoms with Crippen LogP contribution in [0.3, 0.4) is 0 Å². The summed E-state index contributed by atoms with van der Waals surface area (Å²) in [5.74, 6) is -2.86. The maximum atomic E-state index is 11.8. The summed E-state index contributed by atoms with van der Waals surface area (Å²) in [6.07, 6.45) is 1.59. The number of nitrogens with one attached hydrogen (secondary N) is 2. The Labute approximate surface area is 125 Å². The second-order valence-electron chi connectivity index (χ2n) is 3.78. The highest BCUT2D eigenvalue weighted by Crippen LogP contribution is 2.09. The van der Waals surface area contributed by atoms with Crippen molar-refractivity contribution in [1.29, 1.82) is 0 Å². The molecule has 1 aromatic carbocycles. The molecule has 0 saturated carbocycles. The molecule has 10 heteroatoms. The van der Waals surface area contributed by atoms with E-state index in [1.165, 1.54) is 0 Å². The van der Waals surface area contributed by atoms with Crippen LogP contribution in [0.15, 0.2) is 41.3 Å². The van der Waals surface area contributed by atoms with E-state index in [1.807, 2.05) is 5.43 Å². The standard InChI is InChI=1S/C12H12N2O7S/c1-21-11(16)7-6-10(15)13-14-22(19,20)9-4-2-8(3-5-9)12(17)18/h2-7,14H,1H3,(H,13,15)(H,17,18)/b7-6+. The number of hydrogen-bond donors (Lipinski definition) is 3. The van der Waals surface area contributed by atoms with Gasteiger partial charge in [-0.1, -0.05) is 0 Å². The number of carbonyl (C=O) groups excluding carboxylic acids is 2. The van der Waals surface area contributed by atoms with Gasteiger partial charge in [-0.15, -0.1) is 4.83 Å². The van der Waals surface area contributed by atoms with E-state index in [-0.39, 0.29) is 10.5 Å². The number of carboxylic acids is 1. The number of benzene rings is 1. The molecule has 0 atom stereocenters. The number of sulfonamides is 1. The summed E-state index contributed by atoms with van der Waals surface area (Å²) in [6.45, 7) is 0. The summed E-state index contributed by atoms with van der Waals surface area (Å²) in [6, 6.07) is 4.36. The third-order valence-electron chi connectivity index (χ3n) is 2.29. The predicted molar refractivity (Wildman–Crippen MR) is 73.0 cm³/mol. The van der Waals surface area contributed by atoms with Crippen LogP contribution in [0.25, 0.3) is 0 Å². The lowest BCUT2D eigenvalue weighted by Crippen LogP contribution is -2.40. The first-order valence-electron chi connectivity index (χ1n) is 5.67. The van der Waals surface area contributed by atoms with E-state index in [0.29, 0.717) is 0 Å². The van der Waals surface area contributed by atoms with E-state index < -0.39 is 27.9 Å². The summed E-state index contributed by atoms with van der Waals surface area (Å²) in [5, 5.41) is 8.71. The molecule has 9 nitrogen and oxygen atoms in total. The average Bonchev–Trinajstić information content (AvgIpc) is 2.50. The topological polar surface area (TPSA) is 139 Å². The lowest BCUT2D eigenvalue weighted by Gasteiger charge is -2.07. The number of methoxy groups -OCH3 is 1. The second-order valence-corrected chi connectivity index (χ2v) is 5.46. The fourth-order valence-electron chi connectivity index (χ4n) is 1.21. The Balaban J connectivity index is 2.71. The highest BCUT2D eigenvalue weighted by atomic mass is 32.2. The SMILES string of the molecule is COC(=O)/C=C/C(=O)NNS(=O)(=O)c1ccc(C(=O)O)cc1. The van der Waals surface area contributed by atoms with Crippen LogP contribution < -0.4 is 10.3 Å². The number of carboxylic acid groups (broad SMARTS) is 1. The van der Waals surface area contributed by atoms with Crippen LogP contribution >= 0.6 is 0 Å². The van der Waals surface area contributed by atoms with Crippen LogP contribution in [-0.2, 0) is 24.3 Å². The first-order valence-corrected chi connectivity index (χ1v) is 7.16. The molecule has 0 aliphatic heterocycles. The van der Waals surface area contributed by atoms with Crippen molar-refractivity contribution < 1.29 is 32.6 Å². The van der Waals surface area contributed by atoms with Crippen molar-refractivity contribution in [1.82, 2.24) is 10.3 Å². The van der Waals surface area contributed by atoms with Gasteiger partial charge in [0.2, 0.25) is 0 Å². The fourth-order valence-corrected chi connectivity index (χ4v) is 2.05. The first-order chi connectivity index (χ1) is 10.3. The summed E-state index contributed by atoms with van der Waals surface area (Å²) in [5.41, 5.74) is 1.77. The van der Waals surface area contributed by atoms with E-state index in [2.05, 4.69) is 4.74 Å². The van der Waals surface area contributed by atoms with Gasteiger partial charge in [0.15, 0.2) is 0 Å². The normalized spacial score (nSPS) is 11.1. The molecule has 3 N–H and O–H groups in total. The predicted octanol–water partition coefficient (Wildman–Crippen LogP) is -0.576. The molecule has 0 fully saturated rings. The maximum Gasteiger partial charge on any atom is 0.335 e. The summed E-state index contributed by atoms with van der Waals surface area (Å²) >= 11 is 0. The monoisotopic (exact) mass is 328 g/mol. The van der Waals surface area contributed by atoms with Gasteiger partial charge < -0.3 is 9.84 Å². The average molecular weight is 328 g/mol. The van der Waals surface area contributed by atoms with E-state index in [9.17, 15) is 22.8 Å². The Hall–Kier alpha value is -2.72. The highest BCUT2D eigenvalue weighted by Gasteiger charge is 2.15. The van der Waals surface area contributed by atoms with Crippen molar-refractivity contribution in [3.8, 4) is 0 Å². The molecule has 0 aromatic heterocycles. The highest BCUT2D eigenvalue weighted by molar-refractivity contribution is 7.89. The molecule has 0 heterocycles. The molecule has 0 spiro atoms. The number of amides is 1. The summed E-state index contributed by atoms with van der Waals surface area (Å²) < 4.78 is 27.9. The third-order valence-corrected chi connectivity index (χ3v) is 3.56. The number of hydrogen-bond acceptors (Lipinski definition) is 6. The molecular formula is C12H12N2O7S. The zero-order chi connectivity index (χ0) is 16.8. The molecular weight excluding hydrogens is 316 g/mol. The fraction of sp³-hybridized carbons (Fsp3) is 0.0833. The van der Waals surface area contributed by atoms with Crippen molar-refractivity contribution in [3.63, 3.8) is 0 Å². The van der Waals surface area contributed by atoms with Crippen molar-refractivity contribution in [2.75, 3.05) is 7.11 Å². The van der Waals surface area contributed by atoms with E-state index in [1.54, 1.807) is 4.83 Å². The van der Waals surface area contributed by atoms with Gasteiger partial charge in [0.1, 0.15) is 0 Å². The van der Waals surface area contributed by atoms with Crippen LogP contribution in [0.5, 0.6) is 0 Å². The minimum atomic E-state index is -4.07. The van der Waals surface area contributed by atoms with Gasteiger partial charge in [0, 0.05) is 12.2 Å².